The van der Waals surface area contributed by atoms with Crippen LogP contribution in [0.3, 0.4) is 0 Å². The molecular weight excluding hydrogens is 338 g/mol. The van der Waals surface area contributed by atoms with Crippen LogP contribution in [0.15, 0.2) is 42.6 Å². The van der Waals surface area contributed by atoms with Crippen molar-refractivity contribution in [3.8, 4) is 11.5 Å². The third kappa shape index (κ3) is 3.89. The van der Waals surface area contributed by atoms with E-state index in [0.717, 1.165) is 0 Å². The van der Waals surface area contributed by atoms with Gasteiger partial charge in [-0.05, 0) is 24.3 Å². The normalized spacial score (nSPS) is 10.3. The number of anilines is 1. The fourth-order valence-corrected chi connectivity index (χ4v) is 2.26. The van der Waals surface area contributed by atoms with Crippen molar-refractivity contribution in [3.63, 3.8) is 0 Å². The molecule has 9 nitrogen and oxygen atoms in total. The SMILES string of the molecule is COc1ccccc1OCCNC(=O)C(=O)Nc1[nH]nc2ncccc12. The van der Waals surface area contributed by atoms with E-state index in [1.54, 1.807) is 37.6 Å². The second-order valence-corrected chi connectivity index (χ2v) is 5.18. The molecule has 0 bridgehead atoms. The number of carbonyl (C=O) groups is 2. The first kappa shape index (κ1) is 17.2. The summed E-state index contributed by atoms with van der Waals surface area (Å²) in [5, 5.41) is 12.2. The number of hydrogen-bond donors (Lipinski definition) is 3. The summed E-state index contributed by atoms with van der Waals surface area (Å²) in [5.74, 6) is -0.114. The summed E-state index contributed by atoms with van der Waals surface area (Å²) in [7, 11) is 1.54. The van der Waals surface area contributed by atoms with Gasteiger partial charge in [-0.25, -0.2) is 4.98 Å². The zero-order chi connectivity index (χ0) is 18.4. The number of rotatable bonds is 6. The van der Waals surface area contributed by atoms with Gasteiger partial charge in [0.2, 0.25) is 0 Å². The van der Waals surface area contributed by atoms with Crippen molar-refractivity contribution >= 4 is 28.7 Å². The molecule has 134 valence electrons. The molecular formula is C17H17N5O4. The first-order chi connectivity index (χ1) is 12.7. The maximum atomic E-state index is 12.0. The quantitative estimate of drug-likeness (QED) is 0.450. The molecule has 0 saturated carbocycles. The lowest BCUT2D eigenvalue weighted by atomic mass is 10.3. The van der Waals surface area contributed by atoms with E-state index >= 15 is 0 Å². The molecule has 3 N–H and O–H groups in total. The molecule has 0 aliphatic rings. The number of fused-ring (bicyclic) bond motifs is 1. The third-order valence-corrected chi connectivity index (χ3v) is 3.49. The van der Waals surface area contributed by atoms with E-state index in [9.17, 15) is 9.59 Å². The highest BCUT2D eigenvalue weighted by molar-refractivity contribution is 6.40. The van der Waals surface area contributed by atoms with Gasteiger partial charge in [-0.15, -0.1) is 0 Å². The van der Waals surface area contributed by atoms with E-state index in [4.69, 9.17) is 9.47 Å². The van der Waals surface area contributed by atoms with Gasteiger partial charge < -0.3 is 20.1 Å². The Kier molecular flexibility index (Phi) is 5.28. The number of pyridine rings is 1. The van der Waals surface area contributed by atoms with Crippen molar-refractivity contribution in [2.45, 2.75) is 0 Å². The number of nitrogens with one attached hydrogen (secondary N) is 3. The lowest BCUT2D eigenvalue weighted by Gasteiger charge is -2.10. The Morgan fingerprint density at radius 3 is 2.73 bits per heavy atom. The number of carbonyl (C=O) groups excluding carboxylic acids is 2. The molecule has 0 aliphatic heterocycles. The second-order valence-electron chi connectivity index (χ2n) is 5.18. The van der Waals surface area contributed by atoms with Crippen LogP contribution in [0.4, 0.5) is 5.82 Å². The minimum atomic E-state index is -0.809. The zero-order valence-corrected chi connectivity index (χ0v) is 14.0. The van der Waals surface area contributed by atoms with E-state index in [-0.39, 0.29) is 13.2 Å². The van der Waals surface area contributed by atoms with Gasteiger partial charge >= 0.3 is 11.8 Å². The van der Waals surface area contributed by atoms with E-state index in [1.807, 2.05) is 12.1 Å². The highest BCUT2D eigenvalue weighted by Crippen LogP contribution is 2.25. The number of ether oxygens (including phenoxy) is 2. The molecule has 2 heterocycles. The summed E-state index contributed by atoms with van der Waals surface area (Å²) < 4.78 is 10.7. The van der Waals surface area contributed by atoms with Crippen LogP contribution in [0.1, 0.15) is 0 Å². The van der Waals surface area contributed by atoms with Gasteiger partial charge in [0.15, 0.2) is 17.1 Å². The van der Waals surface area contributed by atoms with Gasteiger partial charge in [-0.2, -0.15) is 5.10 Å². The molecule has 0 spiro atoms. The predicted octanol–water partition coefficient (Wildman–Crippen LogP) is 1.10. The van der Waals surface area contributed by atoms with Crippen molar-refractivity contribution in [2.75, 3.05) is 25.6 Å². The number of aromatic nitrogens is 3. The Labute approximate surface area is 148 Å². The first-order valence-corrected chi connectivity index (χ1v) is 7.83. The summed E-state index contributed by atoms with van der Waals surface area (Å²) in [6.07, 6.45) is 1.59. The molecule has 0 fully saturated rings. The number of benzene rings is 1. The average Bonchev–Trinajstić information content (AvgIpc) is 3.08. The second kappa shape index (κ2) is 7.97. The molecule has 26 heavy (non-hydrogen) atoms. The monoisotopic (exact) mass is 355 g/mol. The van der Waals surface area contributed by atoms with Crippen molar-refractivity contribution in [2.24, 2.45) is 0 Å². The van der Waals surface area contributed by atoms with Gasteiger partial charge in [-0.1, -0.05) is 12.1 Å². The van der Waals surface area contributed by atoms with Crippen molar-refractivity contribution in [1.82, 2.24) is 20.5 Å². The molecule has 0 unspecified atom stereocenters. The molecule has 2 aromatic heterocycles. The number of para-hydroxylation sites is 2. The molecule has 9 heteroatoms. The van der Waals surface area contributed by atoms with Crippen LogP contribution < -0.4 is 20.1 Å². The molecule has 0 atom stereocenters. The lowest BCUT2D eigenvalue weighted by Crippen LogP contribution is -2.37. The van der Waals surface area contributed by atoms with E-state index in [1.165, 1.54) is 0 Å². The van der Waals surface area contributed by atoms with Crippen LogP contribution in [-0.2, 0) is 9.59 Å². The molecule has 3 aromatic rings. The van der Waals surface area contributed by atoms with E-state index in [2.05, 4.69) is 25.8 Å². The largest absolute Gasteiger partial charge is 0.493 e. The summed E-state index contributed by atoms with van der Waals surface area (Å²) in [4.78, 5) is 27.9. The standard InChI is InChI=1S/C17H17N5O4/c1-25-12-6-2-3-7-13(12)26-10-9-19-16(23)17(24)20-15-11-5-4-8-18-14(11)21-22-15/h2-8H,9-10H2,1H3,(H,19,23)(H2,18,20,21,22,24). The van der Waals surface area contributed by atoms with Crippen LogP contribution in [-0.4, -0.2) is 47.3 Å². The predicted molar refractivity (Wildman–Crippen MR) is 94.0 cm³/mol. The number of aromatic amines is 1. The maximum absolute atomic E-state index is 12.0. The van der Waals surface area contributed by atoms with Crippen LogP contribution in [0.5, 0.6) is 11.5 Å². The van der Waals surface area contributed by atoms with Crippen molar-refractivity contribution < 1.29 is 19.1 Å². The molecule has 0 aliphatic carbocycles. The number of hydrogen-bond acceptors (Lipinski definition) is 6. The number of H-pyrrole nitrogens is 1. The Hall–Kier alpha value is -3.62. The van der Waals surface area contributed by atoms with Crippen molar-refractivity contribution in [1.29, 1.82) is 0 Å². The fraction of sp³-hybridized carbons (Fsp3) is 0.176. The number of nitrogens with zero attached hydrogens (tertiary/aromatic N) is 2. The van der Waals surface area contributed by atoms with Gasteiger partial charge in [0.25, 0.3) is 0 Å². The van der Waals surface area contributed by atoms with Crippen molar-refractivity contribution in [3.05, 3.63) is 42.6 Å². The Morgan fingerprint density at radius 2 is 1.92 bits per heavy atom. The van der Waals surface area contributed by atoms with E-state index in [0.29, 0.717) is 28.4 Å². The molecule has 1 aromatic carbocycles. The fourth-order valence-electron chi connectivity index (χ4n) is 2.26. The number of methoxy groups -OCH3 is 1. The minimum absolute atomic E-state index is 0.162. The van der Waals surface area contributed by atoms with E-state index < -0.39 is 11.8 Å². The molecule has 2 amide bonds. The van der Waals surface area contributed by atoms with Crippen LogP contribution in [0, 0.1) is 0 Å². The molecule has 0 saturated heterocycles. The third-order valence-electron chi connectivity index (χ3n) is 3.49. The van der Waals surface area contributed by atoms with Gasteiger partial charge in [-0.3, -0.25) is 14.7 Å². The molecule has 3 rings (SSSR count). The highest BCUT2D eigenvalue weighted by Gasteiger charge is 2.16. The maximum Gasteiger partial charge on any atom is 0.314 e. The van der Waals surface area contributed by atoms with Crippen LogP contribution in [0.2, 0.25) is 0 Å². The number of amides is 2. The van der Waals surface area contributed by atoms with Crippen LogP contribution in [0.25, 0.3) is 11.0 Å². The smallest absolute Gasteiger partial charge is 0.314 e. The molecule has 0 radical (unpaired) electrons. The Morgan fingerprint density at radius 1 is 1.12 bits per heavy atom. The summed E-state index contributed by atoms with van der Waals surface area (Å²) in [6, 6.07) is 10.6. The van der Waals surface area contributed by atoms with Crippen LogP contribution >= 0.6 is 0 Å². The van der Waals surface area contributed by atoms with Gasteiger partial charge in [0.05, 0.1) is 19.0 Å². The lowest BCUT2D eigenvalue weighted by molar-refractivity contribution is -0.136. The topological polar surface area (TPSA) is 118 Å². The Bertz CT molecular complexity index is 924. The average molecular weight is 355 g/mol. The summed E-state index contributed by atoms with van der Waals surface area (Å²) in [5.41, 5.74) is 0.452. The highest BCUT2D eigenvalue weighted by atomic mass is 16.5. The zero-order valence-electron chi connectivity index (χ0n) is 14.0. The summed E-state index contributed by atoms with van der Waals surface area (Å²) in [6.45, 7) is 0.353. The minimum Gasteiger partial charge on any atom is -0.493 e. The Balaban J connectivity index is 1.48. The van der Waals surface area contributed by atoms with Gasteiger partial charge in [0.1, 0.15) is 12.4 Å². The van der Waals surface area contributed by atoms with Gasteiger partial charge in [0, 0.05) is 6.20 Å². The summed E-state index contributed by atoms with van der Waals surface area (Å²) >= 11 is 0. The first-order valence-electron chi connectivity index (χ1n) is 7.83.